The van der Waals surface area contributed by atoms with Gasteiger partial charge in [-0.15, -0.1) is 0 Å². The van der Waals surface area contributed by atoms with Crippen LogP contribution >= 0.6 is 0 Å². The molecule has 2 heteroatoms. The van der Waals surface area contributed by atoms with Crippen LogP contribution in [-0.4, -0.2) is 9.97 Å². The van der Waals surface area contributed by atoms with Crippen LogP contribution in [0.1, 0.15) is 50.7 Å². The van der Waals surface area contributed by atoms with Gasteiger partial charge in [0.25, 0.3) is 0 Å². The van der Waals surface area contributed by atoms with Gasteiger partial charge in [-0.2, -0.15) is 0 Å². The maximum absolute atomic E-state index is 4.53. The summed E-state index contributed by atoms with van der Waals surface area (Å²) in [6.07, 6.45) is 11.1. The van der Waals surface area contributed by atoms with Crippen molar-refractivity contribution in [1.29, 1.82) is 0 Å². The van der Waals surface area contributed by atoms with Gasteiger partial charge in [0, 0.05) is 12.4 Å². The molecule has 2 nitrogen and oxygen atoms in total. The third-order valence-corrected chi connectivity index (χ3v) is 3.55. The summed E-state index contributed by atoms with van der Waals surface area (Å²) in [6, 6.07) is 8.51. The fourth-order valence-corrected chi connectivity index (χ4v) is 2.21. The summed E-state index contributed by atoms with van der Waals surface area (Å²) in [6.45, 7) is 4.43. The summed E-state index contributed by atoms with van der Waals surface area (Å²) in [5.74, 6) is 0. The van der Waals surface area contributed by atoms with Gasteiger partial charge < -0.3 is 0 Å². The lowest BCUT2D eigenvalue weighted by atomic mass is 10.1. The molecule has 2 aromatic rings. The molecule has 0 unspecified atom stereocenters. The Kier molecular flexibility index (Phi) is 5.72. The molecule has 0 aromatic carbocycles. The lowest BCUT2D eigenvalue weighted by molar-refractivity contribution is 0.791. The van der Waals surface area contributed by atoms with Crippen molar-refractivity contribution in [2.24, 2.45) is 0 Å². The summed E-state index contributed by atoms with van der Waals surface area (Å²) in [5.41, 5.74) is 4.56. The number of hydrogen-bond acceptors (Lipinski definition) is 2. The third kappa shape index (κ3) is 4.16. The van der Waals surface area contributed by atoms with Crippen molar-refractivity contribution in [2.45, 2.75) is 52.4 Å². The van der Waals surface area contributed by atoms with E-state index < -0.39 is 0 Å². The van der Waals surface area contributed by atoms with Gasteiger partial charge in [-0.05, 0) is 48.9 Å². The molecule has 0 atom stereocenters. The lowest BCUT2D eigenvalue weighted by Crippen LogP contribution is -1.92. The molecular weight excluding hydrogens is 244 g/mol. The lowest BCUT2D eigenvalue weighted by Gasteiger charge is -2.04. The minimum Gasteiger partial charge on any atom is -0.254 e. The molecule has 2 heterocycles. The van der Waals surface area contributed by atoms with Crippen molar-refractivity contribution in [1.82, 2.24) is 9.97 Å². The molecule has 0 spiro atoms. The summed E-state index contributed by atoms with van der Waals surface area (Å²) in [7, 11) is 0. The van der Waals surface area contributed by atoms with Crippen LogP contribution in [0.4, 0.5) is 0 Å². The molecule has 0 aliphatic heterocycles. The Labute approximate surface area is 122 Å². The molecule has 0 amide bonds. The zero-order chi connectivity index (χ0) is 14.2. The van der Waals surface area contributed by atoms with Gasteiger partial charge >= 0.3 is 0 Å². The van der Waals surface area contributed by atoms with Gasteiger partial charge in [-0.3, -0.25) is 9.97 Å². The SMILES string of the molecule is CCCCc1ccc(-c2ccc(CCCC)cn2)nc1. The molecule has 0 aliphatic carbocycles. The van der Waals surface area contributed by atoms with Gasteiger partial charge in [0.05, 0.1) is 11.4 Å². The zero-order valence-electron chi connectivity index (χ0n) is 12.6. The maximum atomic E-state index is 4.53. The Morgan fingerprint density at radius 1 is 0.700 bits per heavy atom. The molecule has 106 valence electrons. The molecule has 2 aromatic heterocycles. The Hall–Kier alpha value is -1.70. The topological polar surface area (TPSA) is 25.8 Å². The number of aromatic nitrogens is 2. The van der Waals surface area contributed by atoms with Crippen molar-refractivity contribution in [3.8, 4) is 11.4 Å². The van der Waals surface area contributed by atoms with Crippen LogP contribution < -0.4 is 0 Å². The largest absolute Gasteiger partial charge is 0.254 e. The number of unbranched alkanes of at least 4 members (excludes halogenated alkanes) is 2. The molecule has 0 aliphatic rings. The molecule has 0 fully saturated rings. The Morgan fingerprint density at radius 2 is 1.15 bits per heavy atom. The first kappa shape index (κ1) is 14.7. The minimum absolute atomic E-state index is 0.965. The highest BCUT2D eigenvalue weighted by molar-refractivity contribution is 5.54. The van der Waals surface area contributed by atoms with Crippen LogP contribution in [-0.2, 0) is 12.8 Å². The number of pyridine rings is 2. The predicted octanol–water partition coefficient (Wildman–Crippen LogP) is 4.83. The van der Waals surface area contributed by atoms with Crippen molar-refractivity contribution in [3.63, 3.8) is 0 Å². The number of hydrogen-bond donors (Lipinski definition) is 0. The zero-order valence-corrected chi connectivity index (χ0v) is 12.6. The Morgan fingerprint density at radius 3 is 1.45 bits per heavy atom. The summed E-state index contributed by atoms with van der Waals surface area (Å²) < 4.78 is 0. The number of nitrogens with zero attached hydrogens (tertiary/aromatic N) is 2. The highest BCUT2D eigenvalue weighted by Crippen LogP contribution is 2.16. The maximum Gasteiger partial charge on any atom is 0.0886 e. The van der Waals surface area contributed by atoms with Gasteiger partial charge in [0.2, 0.25) is 0 Å². The first-order valence-corrected chi connectivity index (χ1v) is 7.73. The van der Waals surface area contributed by atoms with Crippen LogP contribution in [0, 0.1) is 0 Å². The van der Waals surface area contributed by atoms with Gasteiger partial charge in [0.1, 0.15) is 0 Å². The van der Waals surface area contributed by atoms with E-state index in [2.05, 4.69) is 48.1 Å². The first-order chi connectivity index (χ1) is 9.83. The predicted molar refractivity (Wildman–Crippen MR) is 84.7 cm³/mol. The molecule has 20 heavy (non-hydrogen) atoms. The van der Waals surface area contributed by atoms with E-state index in [1.165, 1.54) is 36.8 Å². The van der Waals surface area contributed by atoms with Crippen LogP contribution in [0.25, 0.3) is 11.4 Å². The average Bonchev–Trinajstić information content (AvgIpc) is 2.52. The second-order valence-electron chi connectivity index (χ2n) is 5.31. The number of rotatable bonds is 7. The van der Waals surface area contributed by atoms with E-state index in [1.807, 2.05) is 12.4 Å². The molecular formula is C18H24N2. The van der Waals surface area contributed by atoms with E-state index in [0.29, 0.717) is 0 Å². The highest BCUT2D eigenvalue weighted by atomic mass is 14.8. The second kappa shape index (κ2) is 7.78. The first-order valence-electron chi connectivity index (χ1n) is 7.73. The van der Waals surface area contributed by atoms with Crippen molar-refractivity contribution >= 4 is 0 Å². The van der Waals surface area contributed by atoms with E-state index in [1.54, 1.807) is 0 Å². The molecule has 2 rings (SSSR count). The molecule has 0 saturated heterocycles. The fraction of sp³-hybridized carbons (Fsp3) is 0.444. The van der Waals surface area contributed by atoms with Crippen LogP contribution in [0.5, 0.6) is 0 Å². The monoisotopic (exact) mass is 268 g/mol. The minimum atomic E-state index is 0.965. The summed E-state index contributed by atoms with van der Waals surface area (Å²) >= 11 is 0. The van der Waals surface area contributed by atoms with Crippen molar-refractivity contribution in [2.75, 3.05) is 0 Å². The quantitative estimate of drug-likeness (QED) is 0.719. The van der Waals surface area contributed by atoms with Crippen LogP contribution in [0.2, 0.25) is 0 Å². The number of aryl methyl sites for hydroxylation is 2. The third-order valence-electron chi connectivity index (χ3n) is 3.55. The van der Waals surface area contributed by atoms with Crippen molar-refractivity contribution < 1.29 is 0 Å². The molecule has 0 N–H and O–H groups in total. The fourth-order valence-electron chi connectivity index (χ4n) is 2.21. The molecule has 0 radical (unpaired) electrons. The normalized spacial score (nSPS) is 10.7. The van der Waals surface area contributed by atoms with E-state index in [-0.39, 0.29) is 0 Å². The Bertz CT molecular complexity index is 450. The standard InChI is InChI=1S/C18H24N2/c1-3-5-7-15-9-11-17(19-13-15)18-12-10-16(14-20-18)8-6-4-2/h9-14H,3-8H2,1-2H3. The van der Waals surface area contributed by atoms with E-state index in [9.17, 15) is 0 Å². The smallest absolute Gasteiger partial charge is 0.0886 e. The van der Waals surface area contributed by atoms with E-state index in [0.717, 1.165) is 24.2 Å². The highest BCUT2D eigenvalue weighted by Gasteiger charge is 2.02. The van der Waals surface area contributed by atoms with E-state index in [4.69, 9.17) is 0 Å². The van der Waals surface area contributed by atoms with Crippen molar-refractivity contribution in [3.05, 3.63) is 47.8 Å². The Balaban J connectivity index is 2.03. The second-order valence-corrected chi connectivity index (χ2v) is 5.31. The molecule has 0 saturated carbocycles. The van der Waals surface area contributed by atoms with Crippen LogP contribution in [0.15, 0.2) is 36.7 Å². The van der Waals surface area contributed by atoms with Gasteiger partial charge in [-0.25, -0.2) is 0 Å². The summed E-state index contributed by atoms with van der Waals surface area (Å²) in [4.78, 5) is 9.06. The summed E-state index contributed by atoms with van der Waals surface area (Å²) in [5, 5.41) is 0. The van der Waals surface area contributed by atoms with Gasteiger partial charge in [0.15, 0.2) is 0 Å². The van der Waals surface area contributed by atoms with Gasteiger partial charge in [-0.1, -0.05) is 38.8 Å². The molecule has 0 bridgehead atoms. The van der Waals surface area contributed by atoms with E-state index >= 15 is 0 Å². The van der Waals surface area contributed by atoms with Crippen LogP contribution in [0.3, 0.4) is 0 Å². The average molecular weight is 268 g/mol.